The maximum atomic E-state index is 12.0. The van der Waals surface area contributed by atoms with Crippen molar-refractivity contribution in [1.82, 2.24) is 9.80 Å². The van der Waals surface area contributed by atoms with Crippen LogP contribution in [0.4, 0.5) is 0 Å². The minimum atomic E-state index is 0.340. The number of morpholine rings is 1. The molecular formula is C16H32N2O2. The van der Waals surface area contributed by atoms with E-state index in [9.17, 15) is 4.79 Å². The maximum absolute atomic E-state index is 12.0. The lowest BCUT2D eigenvalue weighted by atomic mass is 10.2. The highest BCUT2D eigenvalue weighted by atomic mass is 16.5. The van der Waals surface area contributed by atoms with Crippen LogP contribution in [0.5, 0.6) is 0 Å². The summed E-state index contributed by atoms with van der Waals surface area (Å²) >= 11 is 0. The van der Waals surface area contributed by atoms with Crippen LogP contribution < -0.4 is 0 Å². The average molecular weight is 284 g/mol. The first-order valence-corrected chi connectivity index (χ1v) is 8.35. The normalized spacial score (nSPS) is 16.3. The van der Waals surface area contributed by atoms with Gasteiger partial charge in [-0.1, -0.05) is 20.3 Å². The highest BCUT2D eigenvalue weighted by Gasteiger charge is 2.13. The van der Waals surface area contributed by atoms with Crippen LogP contribution in [0.15, 0.2) is 0 Å². The Labute approximate surface area is 124 Å². The lowest BCUT2D eigenvalue weighted by molar-refractivity contribution is -0.131. The number of ether oxygens (including phenoxy) is 1. The van der Waals surface area contributed by atoms with Crippen LogP contribution in [0.25, 0.3) is 0 Å². The molecule has 0 unspecified atom stereocenters. The number of amides is 1. The Morgan fingerprint density at radius 1 is 1.05 bits per heavy atom. The average Bonchev–Trinajstić information content (AvgIpc) is 2.47. The molecule has 1 aliphatic rings. The van der Waals surface area contributed by atoms with E-state index in [1.807, 2.05) is 0 Å². The second-order valence-electron chi connectivity index (χ2n) is 5.65. The molecule has 0 aromatic heterocycles. The van der Waals surface area contributed by atoms with Gasteiger partial charge in [-0.25, -0.2) is 0 Å². The predicted molar refractivity (Wildman–Crippen MR) is 82.9 cm³/mol. The molecule has 1 rings (SSSR count). The van der Waals surface area contributed by atoms with E-state index in [2.05, 4.69) is 23.6 Å². The van der Waals surface area contributed by atoms with Gasteiger partial charge in [-0.05, 0) is 32.2 Å². The van der Waals surface area contributed by atoms with E-state index in [0.717, 1.165) is 71.6 Å². The van der Waals surface area contributed by atoms with E-state index in [1.54, 1.807) is 0 Å². The summed E-state index contributed by atoms with van der Waals surface area (Å²) in [6.45, 7) is 11.1. The predicted octanol–water partition coefficient (Wildman–Crippen LogP) is 2.53. The Hall–Kier alpha value is -0.610. The summed E-state index contributed by atoms with van der Waals surface area (Å²) in [5, 5.41) is 0. The molecule has 0 aliphatic carbocycles. The van der Waals surface area contributed by atoms with Crippen molar-refractivity contribution in [3.8, 4) is 0 Å². The standard InChI is InChI=1S/C16H32N2O2/c1-3-5-10-18(16(19)8-4-2)11-7-6-9-17-12-14-20-15-13-17/h3-15H2,1-2H3. The van der Waals surface area contributed by atoms with E-state index in [0.29, 0.717) is 12.3 Å². The highest BCUT2D eigenvalue weighted by Crippen LogP contribution is 2.05. The molecule has 0 spiro atoms. The van der Waals surface area contributed by atoms with Gasteiger partial charge in [0.05, 0.1) is 13.2 Å². The molecule has 0 saturated carbocycles. The summed E-state index contributed by atoms with van der Waals surface area (Å²) in [4.78, 5) is 16.6. The van der Waals surface area contributed by atoms with Crippen molar-refractivity contribution in [2.45, 2.75) is 52.4 Å². The second-order valence-corrected chi connectivity index (χ2v) is 5.65. The van der Waals surface area contributed by atoms with Crippen molar-refractivity contribution in [2.24, 2.45) is 0 Å². The zero-order valence-electron chi connectivity index (χ0n) is 13.4. The number of carbonyl (C=O) groups is 1. The molecule has 4 heteroatoms. The topological polar surface area (TPSA) is 32.8 Å². The van der Waals surface area contributed by atoms with E-state index in [1.165, 1.54) is 6.42 Å². The third kappa shape index (κ3) is 7.25. The minimum Gasteiger partial charge on any atom is -0.379 e. The SMILES string of the molecule is CCCCN(CCCCN1CCOCC1)C(=O)CCC. The van der Waals surface area contributed by atoms with Crippen molar-refractivity contribution < 1.29 is 9.53 Å². The highest BCUT2D eigenvalue weighted by molar-refractivity contribution is 5.76. The molecule has 1 amide bonds. The maximum Gasteiger partial charge on any atom is 0.222 e. The largest absolute Gasteiger partial charge is 0.379 e. The van der Waals surface area contributed by atoms with E-state index >= 15 is 0 Å². The van der Waals surface area contributed by atoms with Gasteiger partial charge in [0.2, 0.25) is 5.91 Å². The summed E-state index contributed by atoms with van der Waals surface area (Å²) in [5.74, 6) is 0.340. The fraction of sp³-hybridized carbons (Fsp3) is 0.938. The van der Waals surface area contributed by atoms with Crippen LogP contribution in [-0.2, 0) is 9.53 Å². The third-order valence-electron chi connectivity index (χ3n) is 3.85. The van der Waals surface area contributed by atoms with Crippen LogP contribution in [0.2, 0.25) is 0 Å². The first kappa shape index (κ1) is 17.4. The van der Waals surface area contributed by atoms with Gasteiger partial charge in [-0.15, -0.1) is 0 Å². The molecule has 4 nitrogen and oxygen atoms in total. The second kappa shape index (κ2) is 11.1. The van der Waals surface area contributed by atoms with Crippen molar-refractivity contribution in [2.75, 3.05) is 45.9 Å². The van der Waals surface area contributed by atoms with Gasteiger partial charge in [0, 0.05) is 32.6 Å². The molecule has 0 N–H and O–H groups in total. The van der Waals surface area contributed by atoms with E-state index in [-0.39, 0.29) is 0 Å². The fourth-order valence-corrected chi connectivity index (χ4v) is 2.55. The quantitative estimate of drug-likeness (QED) is 0.578. The fourth-order valence-electron chi connectivity index (χ4n) is 2.55. The van der Waals surface area contributed by atoms with Gasteiger partial charge in [0.25, 0.3) is 0 Å². The monoisotopic (exact) mass is 284 g/mol. The van der Waals surface area contributed by atoms with Crippen LogP contribution in [-0.4, -0.2) is 61.6 Å². The Kier molecular flexibility index (Phi) is 9.67. The van der Waals surface area contributed by atoms with Gasteiger partial charge >= 0.3 is 0 Å². The zero-order valence-corrected chi connectivity index (χ0v) is 13.4. The van der Waals surface area contributed by atoms with Crippen molar-refractivity contribution in [3.63, 3.8) is 0 Å². The zero-order chi connectivity index (χ0) is 14.6. The minimum absolute atomic E-state index is 0.340. The van der Waals surface area contributed by atoms with Gasteiger partial charge in [-0.3, -0.25) is 9.69 Å². The molecule has 1 aliphatic heterocycles. The number of unbranched alkanes of at least 4 members (excludes halogenated alkanes) is 2. The number of nitrogens with zero attached hydrogens (tertiary/aromatic N) is 2. The number of hydrogen-bond donors (Lipinski definition) is 0. The number of rotatable bonds is 10. The Morgan fingerprint density at radius 3 is 2.40 bits per heavy atom. The summed E-state index contributed by atoms with van der Waals surface area (Å²) in [6, 6.07) is 0. The molecule has 0 bridgehead atoms. The van der Waals surface area contributed by atoms with Crippen molar-refractivity contribution >= 4 is 5.91 Å². The molecule has 0 aromatic rings. The van der Waals surface area contributed by atoms with E-state index in [4.69, 9.17) is 4.74 Å². The Morgan fingerprint density at radius 2 is 1.75 bits per heavy atom. The summed E-state index contributed by atoms with van der Waals surface area (Å²) in [6.07, 6.45) is 6.24. The molecule has 1 saturated heterocycles. The molecule has 0 aromatic carbocycles. The molecule has 1 heterocycles. The van der Waals surface area contributed by atoms with Crippen LogP contribution in [0.3, 0.4) is 0 Å². The summed E-state index contributed by atoms with van der Waals surface area (Å²) < 4.78 is 5.35. The molecular weight excluding hydrogens is 252 g/mol. The molecule has 0 atom stereocenters. The van der Waals surface area contributed by atoms with Crippen LogP contribution >= 0.6 is 0 Å². The lowest BCUT2D eigenvalue weighted by Gasteiger charge is -2.27. The van der Waals surface area contributed by atoms with Crippen LogP contribution in [0.1, 0.15) is 52.4 Å². The number of carbonyl (C=O) groups excluding carboxylic acids is 1. The third-order valence-corrected chi connectivity index (χ3v) is 3.85. The Bertz CT molecular complexity index is 253. The van der Waals surface area contributed by atoms with Crippen LogP contribution in [0, 0.1) is 0 Å². The lowest BCUT2D eigenvalue weighted by Crippen LogP contribution is -2.37. The Balaban J connectivity index is 2.17. The van der Waals surface area contributed by atoms with Crippen molar-refractivity contribution in [3.05, 3.63) is 0 Å². The van der Waals surface area contributed by atoms with Gasteiger partial charge in [0.1, 0.15) is 0 Å². The molecule has 1 fully saturated rings. The molecule has 0 radical (unpaired) electrons. The van der Waals surface area contributed by atoms with Gasteiger partial charge < -0.3 is 9.64 Å². The first-order chi connectivity index (χ1) is 9.77. The van der Waals surface area contributed by atoms with Gasteiger partial charge in [0.15, 0.2) is 0 Å². The molecule has 20 heavy (non-hydrogen) atoms. The van der Waals surface area contributed by atoms with Gasteiger partial charge in [-0.2, -0.15) is 0 Å². The first-order valence-electron chi connectivity index (χ1n) is 8.35. The number of hydrogen-bond acceptors (Lipinski definition) is 3. The summed E-state index contributed by atoms with van der Waals surface area (Å²) in [5.41, 5.74) is 0. The smallest absolute Gasteiger partial charge is 0.222 e. The van der Waals surface area contributed by atoms with Crippen molar-refractivity contribution in [1.29, 1.82) is 0 Å². The van der Waals surface area contributed by atoms with E-state index < -0.39 is 0 Å². The molecule has 118 valence electrons. The summed E-state index contributed by atoms with van der Waals surface area (Å²) in [7, 11) is 0.